The Morgan fingerprint density at radius 3 is 1.84 bits per heavy atom. The molecule has 1 aromatic heterocycles. The molecule has 3 rings (SSSR count). The summed E-state index contributed by atoms with van der Waals surface area (Å²) < 4.78 is 23.7. The third-order valence-electron chi connectivity index (χ3n) is 6.34. The quantitative estimate of drug-likeness (QED) is 0.0457. The van der Waals surface area contributed by atoms with E-state index in [0.717, 1.165) is 10.0 Å². The number of nitrogens with zero attached hydrogens (tertiary/aromatic N) is 2. The van der Waals surface area contributed by atoms with Crippen LogP contribution in [0, 0.1) is 49.4 Å². The third-order valence-corrected chi connectivity index (χ3v) is 8.72. The number of hydrogen-bond donors (Lipinski definition) is 0. The number of ketones is 3. The van der Waals surface area contributed by atoms with Gasteiger partial charge < -0.3 is 23.8 Å². The summed E-state index contributed by atoms with van der Waals surface area (Å²) in [4.78, 5) is 42.9. The summed E-state index contributed by atoms with van der Waals surface area (Å²) in [7, 11) is 0. The van der Waals surface area contributed by atoms with Crippen LogP contribution in [0.15, 0.2) is 34.8 Å². The maximum Gasteiger partial charge on any atom is 0.239 e. The molecule has 1 aromatic rings. The molecule has 2 heterocycles. The van der Waals surface area contributed by atoms with Gasteiger partial charge in [0.05, 0.1) is 23.8 Å². The van der Waals surface area contributed by atoms with Gasteiger partial charge in [0.25, 0.3) is 0 Å². The van der Waals surface area contributed by atoms with E-state index in [-0.39, 0.29) is 32.0 Å². The molecule has 0 N–H and O–H groups in total. The van der Waals surface area contributed by atoms with Crippen LogP contribution in [0.25, 0.3) is 0 Å². The van der Waals surface area contributed by atoms with Gasteiger partial charge in [0.2, 0.25) is 16.6 Å². The van der Waals surface area contributed by atoms with Gasteiger partial charge in [-0.3, -0.25) is 14.4 Å². The number of ether oxygens (including phenoxy) is 4. The summed E-state index contributed by atoms with van der Waals surface area (Å²) >= 11 is 2.53. The largest absolute Gasteiger partial charge is 0.367 e. The number of thioether (sulfide) groups is 1. The van der Waals surface area contributed by atoms with E-state index in [1.165, 1.54) is 23.1 Å². The predicted molar refractivity (Wildman–Crippen MR) is 172 cm³/mol. The number of thiophene rings is 1. The molecule has 0 bridgehead atoms. The summed E-state index contributed by atoms with van der Waals surface area (Å²) in [6, 6.07) is 3.53. The van der Waals surface area contributed by atoms with E-state index in [1.807, 2.05) is 15.5 Å². The fraction of sp³-hybridized carbons (Fsp3) is 0.394. The van der Waals surface area contributed by atoms with E-state index in [9.17, 15) is 14.4 Å². The zero-order valence-corrected chi connectivity index (χ0v) is 25.9. The van der Waals surface area contributed by atoms with Crippen molar-refractivity contribution in [3.63, 3.8) is 0 Å². The van der Waals surface area contributed by atoms with E-state index in [2.05, 4.69) is 23.7 Å². The van der Waals surface area contributed by atoms with Crippen molar-refractivity contribution in [3.8, 4) is 49.4 Å². The highest BCUT2D eigenvalue weighted by molar-refractivity contribution is 8.18. The minimum Gasteiger partial charge on any atom is -0.367 e. The van der Waals surface area contributed by atoms with Crippen molar-refractivity contribution in [1.29, 1.82) is 0 Å². The van der Waals surface area contributed by atoms with Crippen molar-refractivity contribution in [2.75, 3.05) is 83.9 Å². The second-order valence-corrected chi connectivity index (χ2v) is 11.3. The second-order valence-electron chi connectivity index (χ2n) is 9.18. The van der Waals surface area contributed by atoms with Crippen LogP contribution in [-0.4, -0.2) is 106 Å². The number of hydrogen-bond acceptors (Lipinski definition) is 10. The first-order valence-electron chi connectivity index (χ1n) is 13.7. The minimum atomic E-state index is -1.19. The van der Waals surface area contributed by atoms with Crippen LogP contribution in [0.4, 0.5) is 5.00 Å². The van der Waals surface area contributed by atoms with Crippen LogP contribution >= 0.6 is 23.1 Å². The SMILES string of the molecule is C#CCOCCN(CCOCC#C)c1ccc(C2C(=O)C(=O)/C(=C3/C=CC(=[N+](CCOCC#C)CCOCC#C)S3)C2=O)s1. The Bertz CT molecular complexity index is 1430. The molecule has 1 fully saturated rings. The molecule has 1 saturated carbocycles. The normalized spacial score (nSPS) is 17.4. The summed E-state index contributed by atoms with van der Waals surface area (Å²) in [6.45, 7) is 4.20. The molecule has 1 unspecified atom stereocenters. The molecule has 0 aromatic carbocycles. The van der Waals surface area contributed by atoms with E-state index < -0.39 is 23.3 Å². The number of carbonyl (C=O) groups is 3. The van der Waals surface area contributed by atoms with Crippen molar-refractivity contribution < 1.29 is 37.9 Å². The standard InChI is InChI=1S/C33H33N2O7S2/c1-5-17-39-21-13-34(14-22-40-18-6-2)27-11-9-25(43-27)29-31(36)30(33(38)32(29)37)26-10-12-28(44-26)35(15-23-41-19-7-3)16-24-42-20-8-4/h1-4,9-12,29H,13-24H2/q+1/b30-26-. The Morgan fingerprint density at radius 1 is 0.750 bits per heavy atom. The van der Waals surface area contributed by atoms with Gasteiger partial charge >= 0.3 is 0 Å². The Hall–Kier alpha value is -3.91. The molecule has 1 aliphatic carbocycles. The third kappa shape index (κ3) is 9.55. The van der Waals surface area contributed by atoms with Crippen LogP contribution in [0.5, 0.6) is 0 Å². The molecule has 0 spiro atoms. The second kappa shape index (κ2) is 18.7. The number of allylic oxidation sites excluding steroid dienone is 2. The van der Waals surface area contributed by atoms with Gasteiger partial charge in [0, 0.05) is 28.9 Å². The molecule has 9 nitrogen and oxygen atoms in total. The molecule has 1 atom stereocenters. The van der Waals surface area contributed by atoms with Crippen LogP contribution < -0.4 is 4.90 Å². The summed E-state index contributed by atoms with van der Waals surface area (Å²) in [6.07, 6.45) is 24.6. The van der Waals surface area contributed by atoms with Gasteiger partial charge in [-0.2, -0.15) is 0 Å². The van der Waals surface area contributed by atoms with Gasteiger partial charge in [0.1, 0.15) is 45.6 Å². The van der Waals surface area contributed by atoms with Crippen LogP contribution in [-0.2, 0) is 33.3 Å². The fourth-order valence-corrected chi connectivity index (χ4v) is 6.57. The van der Waals surface area contributed by atoms with Crippen molar-refractivity contribution >= 4 is 50.5 Å². The Labute approximate surface area is 266 Å². The van der Waals surface area contributed by atoms with E-state index >= 15 is 0 Å². The summed E-state index contributed by atoms with van der Waals surface area (Å²) in [5.74, 6) is 6.49. The van der Waals surface area contributed by atoms with Gasteiger partial charge in [-0.15, -0.1) is 37.0 Å². The first-order chi connectivity index (χ1) is 21.5. The molecule has 11 heteroatoms. The Kier molecular flexibility index (Phi) is 14.7. The number of terminal acetylenes is 4. The molecular formula is C33H33N2O7S2+. The summed E-state index contributed by atoms with van der Waals surface area (Å²) in [5, 5.41) is 1.58. The molecule has 228 valence electrons. The summed E-state index contributed by atoms with van der Waals surface area (Å²) in [5.41, 5.74) is -0.0967. The molecule has 44 heavy (non-hydrogen) atoms. The lowest BCUT2D eigenvalue weighted by Crippen LogP contribution is -2.30. The zero-order chi connectivity index (χ0) is 31.7. The van der Waals surface area contributed by atoms with E-state index in [4.69, 9.17) is 44.6 Å². The monoisotopic (exact) mass is 633 g/mol. The number of Topliss-reactive ketones (excluding diaryl/α,β-unsaturated/α-hetero) is 3. The Morgan fingerprint density at radius 2 is 1.30 bits per heavy atom. The van der Waals surface area contributed by atoms with Gasteiger partial charge in [-0.05, 0) is 30.0 Å². The first-order valence-corrected chi connectivity index (χ1v) is 15.3. The maximum atomic E-state index is 13.6. The number of rotatable bonds is 18. The molecular weight excluding hydrogens is 601 g/mol. The highest BCUT2D eigenvalue weighted by Gasteiger charge is 2.48. The average molecular weight is 634 g/mol. The molecule has 2 aliphatic rings. The lowest BCUT2D eigenvalue weighted by molar-refractivity contribution is -0.529. The number of carbonyl (C=O) groups excluding carboxylic acids is 3. The average Bonchev–Trinajstić information content (AvgIpc) is 3.74. The number of anilines is 1. The highest BCUT2D eigenvalue weighted by Crippen LogP contribution is 2.41. The lowest BCUT2D eigenvalue weighted by atomic mass is 10.0. The van der Waals surface area contributed by atoms with E-state index in [0.29, 0.717) is 62.4 Å². The minimum absolute atomic E-state index is 0.0967. The maximum absolute atomic E-state index is 13.6. The van der Waals surface area contributed by atoms with Crippen LogP contribution in [0.1, 0.15) is 10.8 Å². The first kappa shape index (κ1) is 34.6. The lowest BCUT2D eigenvalue weighted by Gasteiger charge is -2.22. The molecule has 0 saturated heterocycles. The van der Waals surface area contributed by atoms with Gasteiger partial charge in [0.15, 0.2) is 18.9 Å². The van der Waals surface area contributed by atoms with Gasteiger partial charge in [-0.1, -0.05) is 23.7 Å². The topological polar surface area (TPSA) is 94.4 Å². The zero-order valence-electron chi connectivity index (χ0n) is 24.3. The predicted octanol–water partition coefficient (Wildman–Crippen LogP) is 1.93. The van der Waals surface area contributed by atoms with Crippen LogP contribution in [0.2, 0.25) is 0 Å². The van der Waals surface area contributed by atoms with Crippen molar-refractivity contribution in [1.82, 2.24) is 0 Å². The smallest absolute Gasteiger partial charge is 0.239 e. The van der Waals surface area contributed by atoms with Crippen molar-refractivity contribution in [3.05, 3.63) is 39.6 Å². The molecule has 0 amide bonds. The molecule has 0 radical (unpaired) electrons. The van der Waals surface area contributed by atoms with Crippen molar-refractivity contribution in [2.45, 2.75) is 5.92 Å². The van der Waals surface area contributed by atoms with Crippen LogP contribution in [0.3, 0.4) is 0 Å². The van der Waals surface area contributed by atoms with Crippen molar-refractivity contribution in [2.24, 2.45) is 0 Å². The highest BCUT2D eigenvalue weighted by atomic mass is 32.2. The Balaban J connectivity index is 1.79. The van der Waals surface area contributed by atoms with E-state index in [1.54, 1.807) is 18.2 Å². The fourth-order valence-electron chi connectivity index (χ4n) is 4.31. The van der Waals surface area contributed by atoms with Gasteiger partial charge in [-0.25, -0.2) is 4.58 Å². The molecule has 1 aliphatic heterocycles.